The monoisotopic (exact) mass is 725 g/mol. The van der Waals surface area contributed by atoms with Gasteiger partial charge in [-0.1, -0.05) is 182 Å². The van der Waals surface area contributed by atoms with Crippen molar-refractivity contribution >= 4 is 43.4 Å². The van der Waals surface area contributed by atoms with Crippen LogP contribution in [0.25, 0.3) is 105 Å². The van der Waals surface area contributed by atoms with E-state index >= 15 is 0 Å². The molecule has 0 fully saturated rings. The second-order valence-electron chi connectivity index (χ2n) is 14.5. The molecule has 3 heteroatoms. The van der Waals surface area contributed by atoms with Crippen LogP contribution in [0.1, 0.15) is 0 Å². The van der Waals surface area contributed by atoms with Crippen molar-refractivity contribution in [3.8, 4) is 61.8 Å². The average Bonchev–Trinajstić information content (AvgIpc) is 3.63. The smallest absolute Gasteiger partial charge is 0.160 e. The van der Waals surface area contributed by atoms with Crippen molar-refractivity contribution in [3.05, 3.63) is 212 Å². The number of nitrogens with zero attached hydrogens (tertiary/aromatic N) is 3. The van der Waals surface area contributed by atoms with Gasteiger partial charge >= 0.3 is 0 Å². The minimum Gasteiger partial charge on any atom is -0.309 e. The van der Waals surface area contributed by atoms with Crippen LogP contribution in [0.4, 0.5) is 0 Å². The summed E-state index contributed by atoms with van der Waals surface area (Å²) in [5.74, 6) is 0.698. The molecule has 0 spiro atoms. The van der Waals surface area contributed by atoms with Gasteiger partial charge in [-0.3, -0.25) is 0 Å². The highest BCUT2D eigenvalue weighted by Crippen LogP contribution is 2.42. The van der Waals surface area contributed by atoms with Gasteiger partial charge in [0.15, 0.2) is 5.82 Å². The fourth-order valence-electron chi connectivity index (χ4n) is 8.60. The molecule has 0 saturated heterocycles. The van der Waals surface area contributed by atoms with Crippen LogP contribution in [0.15, 0.2) is 212 Å². The van der Waals surface area contributed by atoms with Crippen LogP contribution in [-0.4, -0.2) is 14.5 Å². The molecule has 9 aromatic carbocycles. The molecular weight excluding hydrogens is 691 g/mol. The van der Waals surface area contributed by atoms with Crippen LogP contribution < -0.4 is 0 Å². The first kappa shape index (κ1) is 32.8. The van der Waals surface area contributed by atoms with Gasteiger partial charge in [-0.15, -0.1) is 0 Å². The Morgan fingerprint density at radius 1 is 0.316 bits per heavy atom. The van der Waals surface area contributed by atoms with Gasteiger partial charge in [0, 0.05) is 33.2 Å². The molecule has 2 heterocycles. The topological polar surface area (TPSA) is 30.7 Å². The number of hydrogen-bond acceptors (Lipinski definition) is 2. The second-order valence-corrected chi connectivity index (χ2v) is 14.5. The molecule has 57 heavy (non-hydrogen) atoms. The normalized spacial score (nSPS) is 11.5. The third kappa shape index (κ3) is 5.60. The molecule has 0 atom stereocenters. The zero-order valence-corrected chi connectivity index (χ0v) is 31.0. The Morgan fingerprint density at radius 3 is 1.49 bits per heavy atom. The van der Waals surface area contributed by atoms with E-state index in [-0.39, 0.29) is 0 Å². The number of hydrogen-bond donors (Lipinski definition) is 0. The van der Waals surface area contributed by atoms with Crippen molar-refractivity contribution in [2.45, 2.75) is 0 Å². The molecule has 0 aliphatic carbocycles. The molecule has 3 nitrogen and oxygen atoms in total. The molecule has 0 aliphatic rings. The van der Waals surface area contributed by atoms with E-state index in [2.05, 4.69) is 211 Å². The molecule has 11 rings (SSSR count). The van der Waals surface area contributed by atoms with Crippen LogP contribution in [0.5, 0.6) is 0 Å². The summed E-state index contributed by atoms with van der Waals surface area (Å²) >= 11 is 0. The zero-order chi connectivity index (χ0) is 37.7. The Balaban J connectivity index is 1.08. The summed E-state index contributed by atoms with van der Waals surface area (Å²) in [6.07, 6.45) is 0. The van der Waals surface area contributed by atoms with Crippen molar-refractivity contribution < 1.29 is 0 Å². The lowest BCUT2D eigenvalue weighted by atomic mass is 9.90. The zero-order valence-electron chi connectivity index (χ0n) is 31.0. The Labute approximate surface area is 330 Å². The summed E-state index contributed by atoms with van der Waals surface area (Å²) in [7, 11) is 0. The molecule has 0 saturated carbocycles. The van der Waals surface area contributed by atoms with Gasteiger partial charge in [0.2, 0.25) is 0 Å². The highest BCUT2D eigenvalue weighted by Gasteiger charge is 2.19. The molecule has 0 amide bonds. The van der Waals surface area contributed by atoms with Crippen molar-refractivity contribution in [3.63, 3.8) is 0 Å². The molecule has 0 aliphatic heterocycles. The minimum absolute atomic E-state index is 0.698. The van der Waals surface area contributed by atoms with Gasteiger partial charge < -0.3 is 4.57 Å². The SMILES string of the molecule is c1ccc(-c2nc(-c3c(-c4ccccc4)ccc4ccccc34)cc(-c3ccc(-c4ccc(-n5c6ccccc6c6ccccc65)cc4)c4ccccc34)n2)cc1. The lowest BCUT2D eigenvalue weighted by molar-refractivity contribution is 1.18. The number of benzene rings is 9. The molecule has 0 N–H and O–H groups in total. The summed E-state index contributed by atoms with van der Waals surface area (Å²) in [6.45, 7) is 0. The van der Waals surface area contributed by atoms with E-state index in [0.717, 1.165) is 55.7 Å². The maximum atomic E-state index is 5.33. The molecular formula is C54H35N3. The standard InChI is InChI=1S/C54H35N3/c1-3-15-36(16-4-1)43-32-29-37-17-7-8-20-42(37)53(43)50-35-49(55-54(56-50)39-18-5-2-6-19-39)46-34-33-41(44-21-9-10-22-45(44)46)38-27-30-40(31-28-38)57-51-25-13-11-23-47(51)48-24-12-14-26-52(48)57/h1-35H. The average molecular weight is 726 g/mol. The van der Waals surface area contributed by atoms with Crippen LogP contribution in [0, 0.1) is 0 Å². The fraction of sp³-hybridized carbons (Fsp3) is 0. The summed E-state index contributed by atoms with van der Waals surface area (Å²) in [4.78, 5) is 10.6. The van der Waals surface area contributed by atoms with Gasteiger partial charge in [-0.25, -0.2) is 9.97 Å². The van der Waals surface area contributed by atoms with Crippen LogP contribution in [0.3, 0.4) is 0 Å². The van der Waals surface area contributed by atoms with Crippen LogP contribution in [0.2, 0.25) is 0 Å². The molecule has 2 aromatic heterocycles. The van der Waals surface area contributed by atoms with Gasteiger partial charge in [0.25, 0.3) is 0 Å². The first-order valence-corrected chi connectivity index (χ1v) is 19.4. The second kappa shape index (κ2) is 13.6. The Kier molecular flexibility index (Phi) is 7.82. The van der Waals surface area contributed by atoms with Gasteiger partial charge in [-0.2, -0.15) is 0 Å². The summed E-state index contributed by atoms with van der Waals surface area (Å²) < 4.78 is 2.37. The quantitative estimate of drug-likeness (QED) is 0.171. The number of fused-ring (bicyclic) bond motifs is 5. The Morgan fingerprint density at radius 2 is 0.807 bits per heavy atom. The van der Waals surface area contributed by atoms with E-state index in [1.54, 1.807) is 0 Å². The third-order valence-corrected chi connectivity index (χ3v) is 11.2. The van der Waals surface area contributed by atoms with Crippen molar-refractivity contribution in [2.24, 2.45) is 0 Å². The van der Waals surface area contributed by atoms with Gasteiger partial charge in [0.1, 0.15) is 0 Å². The first-order valence-electron chi connectivity index (χ1n) is 19.4. The van der Waals surface area contributed by atoms with Crippen molar-refractivity contribution in [2.75, 3.05) is 0 Å². The van der Waals surface area contributed by atoms with Crippen molar-refractivity contribution in [1.29, 1.82) is 0 Å². The first-order chi connectivity index (χ1) is 28.3. The number of rotatable bonds is 6. The lowest BCUT2D eigenvalue weighted by Gasteiger charge is -2.17. The minimum atomic E-state index is 0.698. The molecule has 266 valence electrons. The number of para-hydroxylation sites is 2. The lowest BCUT2D eigenvalue weighted by Crippen LogP contribution is -1.98. The highest BCUT2D eigenvalue weighted by atomic mass is 15.0. The predicted molar refractivity (Wildman–Crippen MR) is 239 cm³/mol. The highest BCUT2D eigenvalue weighted by molar-refractivity contribution is 6.10. The molecule has 0 radical (unpaired) electrons. The number of aromatic nitrogens is 3. The van der Waals surface area contributed by atoms with Gasteiger partial charge in [0.05, 0.1) is 22.4 Å². The van der Waals surface area contributed by atoms with Crippen LogP contribution >= 0.6 is 0 Å². The third-order valence-electron chi connectivity index (χ3n) is 11.2. The van der Waals surface area contributed by atoms with E-state index in [9.17, 15) is 0 Å². The maximum Gasteiger partial charge on any atom is 0.160 e. The molecule has 0 bridgehead atoms. The summed E-state index contributed by atoms with van der Waals surface area (Å²) in [5, 5.41) is 7.18. The van der Waals surface area contributed by atoms with E-state index in [0.29, 0.717) is 5.82 Å². The van der Waals surface area contributed by atoms with Crippen LogP contribution in [-0.2, 0) is 0 Å². The predicted octanol–water partition coefficient (Wildman–Crippen LogP) is 14.2. The van der Waals surface area contributed by atoms with Gasteiger partial charge in [-0.05, 0) is 74.1 Å². The summed E-state index contributed by atoms with van der Waals surface area (Å²) in [5.41, 5.74) is 13.1. The van der Waals surface area contributed by atoms with E-state index < -0.39 is 0 Å². The maximum absolute atomic E-state index is 5.33. The largest absolute Gasteiger partial charge is 0.309 e. The molecule has 11 aromatic rings. The van der Waals surface area contributed by atoms with E-state index in [1.807, 2.05) is 6.07 Å². The Hall–Kier alpha value is -7.62. The fourth-order valence-corrected chi connectivity index (χ4v) is 8.60. The van der Waals surface area contributed by atoms with E-state index in [1.165, 1.54) is 43.7 Å². The summed E-state index contributed by atoms with van der Waals surface area (Å²) in [6, 6.07) is 75.7. The van der Waals surface area contributed by atoms with E-state index in [4.69, 9.17) is 9.97 Å². The molecule has 0 unspecified atom stereocenters. The Bertz CT molecular complexity index is 3220. The van der Waals surface area contributed by atoms with Crippen molar-refractivity contribution in [1.82, 2.24) is 14.5 Å².